The Hall–Kier alpha value is -0.00312. The van der Waals surface area contributed by atoms with Crippen LogP contribution >= 0.6 is 11.8 Å². The summed E-state index contributed by atoms with van der Waals surface area (Å²) < 4.78 is 5.32. The molecule has 3 nitrogen and oxygen atoms in total. The van der Waals surface area contributed by atoms with Gasteiger partial charge in [-0.2, -0.15) is 11.8 Å². The summed E-state index contributed by atoms with van der Waals surface area (Å²) in [6.07, 6.45) is 2.72. The summed E-state index contributed by atoms with van der Waals surface area (Å²) in [7, 11) is -1.17. The molecule has 0 aromatic carbocycles. The number of hydrogen-bond donors (Lipinski definition) is 1. The van der Waals surface area contributed by atoms with E-state index in [-0.39, 0.29) is 5.97 Å². The molecular formula is C13H29NO2SSi. The maximum atomic E-state index is 11.7. The summed E-state index contributed by atoms with van der Waals surface area (Å²) >= 11 is 1.71. The first-order valence-corrected chi connectivity index (χ1v) is 11.2. The fourth-order valence-corrected chi connectivity index (χ4v) is 5.70. The molecule has 0 bridgehead atoms. The zero-order chi connectivity index (χ0) is 14.0. The average molecular weight is 292 g/mol. The van der Waals surface area contributed by atoms with Gasteiger partial charge in [0.2, 0.25) is 0 Å². The number of carbonyl (C=O) groups is 1. The van der Waals surface area contributed by atoms with Crippen LogP contribution in [0.2, 0.25) is 24.2 Å². The molecule has 0 heterocycles. The third kappa shape index (κ3) is 6.25. The van der Waals surface area contributed by atoms with Crippen molar-refractivity contribution in [2.45, 2.75) is 57.4 Å². The quantitative estimate of drug-likeness (QED) is 0.496. The standard InChI is InChI=1S/C13H29NO2SSi/c1-5-18(6-2,7-3)11-9-16-13(15)12(14)8-10-17-4/h12H,5-11,14H2,1-4H3/t12-/m0/s1. The van der Waals surface area contributed by atoms with E-state index in [1.54, 1.807) is 11.8 Å². The molecular weight excluding hydrogens is 262 g/mol. The molecule has 0 aromatic rings. The summed E-state index contributed by atoms with van der Waals surface area (Å²) in [6.45, 7) is 7.37. The number of carbonyl (C=O) groups excluding carboxylic acids is 1. The van der Waals surface area contributed by atoms with Crippen LogP contribution in [0.1, 0.15) is 27.2 Å². The van der Waals surface area contributed by atoms with Gasteiger partial charge in [0, 0.05) is 0 Å². The van der Waals surface area contributed by atoms with Crippen molar-refractivity contribution in [1.29, 1.82) is 0 Å². The lowest BCUT2D eigenvalue weighted by molar-refractivity contribution is -0.144. The van der Waals surface area contributed by atoms with Crippen molar-refractivity contribution < 1.29 is 9.53 Å². The van der Waals surface area contributed by atoms with Gasteiger partial charge in [0.25, 0.3) is 0 Å². The van der Waals surface area contributed by atoms with Crippen LogP contribution in [-0.2, 0) is 9.53 Å². The minimum atomic E-state index is -1.17. The second-order valence-electron chi connectivity index (χ2n) is 4.87. The fraction of sp³-hybridized carbons (Fsp3) is 0.923. The molecule has 0 unspecified atom stereocenters. The lowest BCUT2D eigenvalue weighted by atomic mass is 10.2. The smallest absolute Gasteiger partial charge is 0.322 e. The van der Waals surface area contributed by atoms with E-state index in [1.165, 1.54) is 18.1 Å². The lowest BCUT2D eigenvalue weighted by Crippen LogP contribution is -2.36. The molecule has 0 saturated carbocycles. The minimum absolute atomic E-state index is 0.227. The van der Waals surface area contributed by atoms with Crippen molar-refractivity contribution in [2.24, 2.45) is 5.73 Å². The molecule has 0 aliphatic heterocycles. The zero-order valence-electron chi connectivity index (χ0n) is 12.3. The first-order valence-electron chi connectivity index (χ1n) is 6.96. The molecule has 108 valence electrons. The van der Waals surface area contributed by atoms with Crippen molar-refractivity contribution in [3.63, 3.8) is 0 Å². The molecule has 0 saturated heterocycles. The van der Waals surface area contributed by atoms with Crippen LogP contribution < -0.4 is 5.73 Å². The normalized spacial score (nSPS) is 13.4. The molecule has 0 aliphatic rings. The molecule has 2 N–H and O–H groups in total. The van der Waals surface area contributed by atoms with Gasteiger partial charge in [-0.15, -0.1) is 0 Å². The zero-order valence-corrected chi connectivity index (χ0v) is 14.1. The van der Waals surface area contributed by atoms with E-state index in [9.17, 15) is 4.79 Å². The molecule has 0 radical (unpaired) electrons. The van der Waals surface area contributed by atoms with Crippen molar-refractivity contribution in [3.05, 3.63) is 0 Å². The van der Waals surface area contributed by atoms with E-state index < -0.39 is 14.1 Å². The van der Waals surface area contributed by atoms with Gasteiger partial charge in [-0.3, -0.25) is 4.79 Å². The van der Waals surface area contributed by atoms with Gasteiger partial charge in [-0.25, -0.2) is 0 Å². The second-order valence-corrected chi connectivity index (χ2v) is 11.5. The number of esters is 1. The van der Waals surface area contributed by atoms with Gasteiger partial charge in [-0.1, -0.05) is 38.9 Å². The van der Waals surface area contributed by atoms with Crippen LogP contribution in [0.25, 0.3) is 0 Å². The lowest BCUT2D eigenvalue weighted by Gasteiger charge is -2.27. The number of rotatable bonds is 10. The van der Waals surface area contributed by atoms with Gasteiger partial charge in [-0.05, 0) is 24.5 Å². The molecule has 1 atom stereocenters. The van der Waals surface area contributed by atoms with Crippen LogP contribution in [0.3, 0.4) is 0 Å². The highest BCUT2D eigenvalue weighted by Gasteiger charge is 2.27. The number of thioether (sulfide) groups is 1. The van der Waals surface area contributed by atoms with Crippen molar-refractivity contribution in [2.75, 3.05) is 18.6 Å². The van der Waals surface area contributed by atoms with E-state index in [4.69, 9.17) is 10.5 Å². The van der Waals surface area contributed by atoms with Crippen molar-refractivity contribution >= 4 is 25.8 Å². The van der Waals surface area contributed by atoms with Crippen LogP contribution in [0.15, 0.2) is 0 Å². The molecule has 5 heteroatoms. The minimum Gasteiger partial charge on any atom is -0.465 e. The Balaban J connectivity index is 3.98. The monoisotopic (exact) mass is 291 g/mol. The van der Waals surface area contributed by atoms with Crippen molar-refractivity contribution in [1.82, 2.24) is 0 Å². The molecule has 0 spiro atoms. The number of ether oxygens (including phenoxy) is 1. The van der Waals surface area contributed by atoms with Crippen molar-refractivity contribution in [3.8, 4) is 0 Å². The SMILES string of the molecule is CC[Si](CC)(CC)CCOC(=O)[C@@H](N)CCSC. The van der Waals surface area contributed by atoms with E-state index in [0.29, 0.717) is 13.0 Å². The van der Waals surface area contributed by atoms with Crippen LogP contribution in [0.4, 0.5) is 0 Å². The second kappa shape index (κ2) is 9.87. The highest BCUT2D eigenvalue weighted by Crippen LogP contribution is 2.24. The Labute approximate surface area is 117 Å². The highest BCUT2D eigenvalue weighted by atomic mass is 32.2. The number of nitrogens with two attached hydrogens (primary N) is 1. The molecule has 0 rings (SSSR count). The van der Waals surface area contributed by atoms with Gasteiger partial charge in [0.05, 0.1) is 14.7 Å². The molecule has 0 amide bonds. The first-order chi connectivity index (χ1) is 8.55. The van der Waals surface area contributed by atoms with Crippen LogP contribution in [0, 0.1) is 0 Å². The third-order valence-electron chi connectivity index (χ3n) is 4.06. The Kier molecular flexibility index (Phi) is 9.86. The topological polar surface area (TPSA) is 52.3 Å². The predicted molar refractivity (Wildman–Crippen MR) is 83.9 cm³/mol. The Bertz CT molecular complexity index is 227. The summed E-state index contributed by atoms with van der Waals surface area (Å²) in [6, 6.07) is 4.46. The van der Waals surface area contributed by atoms with Gasteiger partial charge >= 0.3 is 5.97 Å². The molecule has 0 fully saturated rings. The van der Waals surface area contributed by atoms with Gasteiger partial charge < -0.3 is 10.5 Å². The molecule has 0 aromatic heterocycles. The average Bonchev–Trinajstić information content (AvgIpc) is 2.41. The summed E-state index contributed by atoms with van der Waals surface area (Å²) in [5, 5.41) is 0. The van der Waals surface area contributed by atoms with Gasteiger partial charge in [0.1, 0.15) is 6.04 Å². The van der Waals surface area contributed by atoms with Gasteiger partial charge in [0.15, 0.2) is 0 Å². The third-order valence-corrected chi connectivity index (χ3v) is 10.5. The Morgan fingerprint density at radius 2 is 1.83 bits per heavy atom. The first kappa shape index (κ1) is 18.0. The van der Waals surface area contributed by atoms with Crippen LogP contribution in [-0.4, -0.2) is 38.7 Å². The van der Waals surface area contributed by atoms with E-state index in [1.807, 2.05) is 6.26 Å². The fourth-order valence-electron chi connectivity index (χ4n) is 2.12. The summed E-state index contributed by atoms with van der Waals surface area (Å²) in [5.74, 6) is 0.684. The molecule has 18 heavy (non-hydrogen) atoms. The van der Waals surface area contributed by atoms with E-state index >= 15 is 0 Å². The Morgan fingerprint density at radius 1 is 1.28 bits per heavy atom. The van der Waals surface area contributed by atoms with E-state index in [0.717, 1.165) is 11.8 Å². The maximum Gasteiger partial charge on any atom is 0.322 e. The molecule has 0 aliphatic carbocycles. The highest BCUT2D eigenvalue weighted by molar-refractivity contribution is 7.98. The van der Waals surface area contributed by atoms with Crippen LogP contribution in [0.5, 0.6) is 0 Å². The maximum absolute atomic E-state index is 11.7. The Morgan fingerprint density at radius 3 is 2.28 bits per heavy atom. The predicted octanol–water partition coefficient (Wildman–Crippen LogP) is 3.12. The van der Waals surface area contributed by atoms with E-state index in [2.05, 4.69) is 20.8 Å². The summed E-state index contributed by atoms with van der Waals surface area (Å²) in [4.78, 5) is 11.7. The summed E-state index contributed by atoms with van der Waals surface area (Å²) in [5.41, 5.74) is 5.77. The largest absolute Gasteiger partial charge is 0.465 e. The number of hydrogen-bond acceptors (Lipinski definition) is 4.